The number of fused-ring (bicyclic) bond motifs is 1. The van der Waals surface area contributed by atoms with Crippen molar-refractivity contribution < 1.29 is 9.90 Å². The number of pyridine rings is 1. The standard InChI is InChI=1S/C12H8N4O2/c17-12(18)9-11-14-4-1-7-16(11)10(15-9)8-2-5-13-6-3-8/h1-7H,(H,17,18). The largest absolute Gasteiger partial charge is 0.476 e. The molecule has 3 aromatic heterocycles. The van der Waals surface area contributed by atoms with Gasteiger partial charge in [-0.15, -0.1) is 0 Å². The van der Waals surface area contributed by atoms with Crippen LogP contribution in [0.2, 0.25) is 0 Å². The number of imidazole rings is 1. The van der Waals surface area contributed by atoms with Crippen molar-refractivity contribution in [2.75, 3.05) is 0 Å². The van der Waals surface area contributed by atoms with E-state index in [2.05, 4.69) is 15.0 Å². The minimum absolute atomic E-state index is 0.0533. The quantitative estimate of drug-likeness (QED) is 0.734. The highest BCUT2D eigenvalue weighted by molar-refractivity contribution is 5.93. The summed E-state index contributed by atoms with van der Waals surface area (Å²) in [5, 5.41) is 9.11. The van der Waals surface area contributed by atoms with Crippen LogP contribution in [0.5, 0.6) is 0 Å². The van der Waals surface area contributed by atoms with Crippen LogP contribution in [0.25, 0.3) is 17.0 Å². The lowest BCUT2D eigenvalue weighted by molar-refractivity contribution is 0.0693. The lowest BCUT2D eigenvalue weighted by Gasteiger charge is -1.98. The number of aromatic carboxylic acids is 1. The molecule has 0 bridgehead atoms. The number of carboxylic acid groups (broad SMARTS) is 1. The summed E-state index contributed by atoms with van der Waals surface area (Å²) in [7, 11) is 0. The number of aromatic nitrogens is 4. The summed E-state index contributed by atoms with van der Waals surface area (Å²) in [6.07, 6.45) is 6.54. The van der Waals surface area contributed by atoms with Crippen LogP contribution in [-0.2, 0) is 0 Å². The van der Waals surface area contributed by atoms with Gasteiger partial charge < -0.3 is 5.11 Å². The molecule has 0 spiro atoms. The molecule has 0 aliphatic rings. The molecule has 0 aliphatic heterocycles. The van der Waals surface area contributed by atoms with Gasteiger partial charge in [-0.2, -0.15) is 0 Å². The number of carboxylic acids is 1. The van der Waals surface area contributed by atoms with Crippen molar-refractivity contribution in [2.24, 2.45) is 0 Å². The smallest absolute Gasteiger partial charge is 0.358 e. The van der Waals surface area contributed by atoms with E-state index in [1.54, 1.807) is 47.4 Å². The average Bonchev–Trinajstić information content (AvgIpc) is 2.79. The molecule has 0 amide bonds. The van der Waals surface area contributed by atoms with Gasteiger partial charge in [-0.25, -0.2) is 14.8 Å². The van der Waals surface area contributed by atoms with Crippen LogP contribution in [0.4, 0.5) is 0 Å². The van der Waals surface area contributed by atoms with Crippen molar-refractivity contribution in [3.8, 4) is 11.4 Å². The fourth-order valence-corrected chi connectivity index (χ4v) is 1.77. The second-order valence-corrected chi connectivity index (χ2v) is 3.64. The first-order chi connectivity index (χ1) is 8.77. The molecule has 1 N–H and O–H groups in total. The van der Waals surface area contributed by atoms with Crippen LogP contribution >= 0.6 is 0 Å². The van der Waals surface area contributed by atoms with Crippen molar-refractivity contribution in [3.05, 3.63) is 48.7 Å². The second kappa shape index (κ2) is 3.92. The van der Waals surface area contributed by atoms with Crippen LogP contribution < -0.4 is 0 Å². The van der Waals surface area contributed by atoms with E-state index in [0.29, 0.717) is 11.5 Å². The van der Waals surface area contributed by atoms with E-state index in [4.69, 9.17) is 5.11 Å². The molecule has 3 heterocycles. The fourth-order valence-electron chi connectivity index (χ4n) is 1.77. The lowest BCUT2D eigenvalue weighted by atomic mass is 10.2. The molecule has 18 heavy (non-hydrogen) atoms. The Balaban J connectivity index is 2.34. The minimum atomic E-state index is -1.09. The molecule has 0 aromatic carbocycles. The Labute approximate surface area is 102 Å². The molecule has 0 unspecified atom stereocenters. The zero-order valence-electron chi connectivity index (χ0n) is 9.19. The first-order valence-electron chi connectivity index (χ1n) is 5.24. The molecule has 0 saturated heterocycles. The molecule has 0 saturated carbocycles. The lowest BCUT2D eigenvalue weighted by Crippen LogP contribution is -1.98. The van der Waals surface area contributed by atoms with E-state index >= 15 is 0 Å². The van der Waals surface area contributed by atoms with Gasteiger partial charge in [0, 0.05) is 30.4 Å². The Morgan fingerprint density at radius 3 is 2.72 bits per heavy atom. The number of carbonyl (C=O) groups is 1. The summed E-state index contributed by atoms with van der Waals surface area (Å²) < 4.78 is 1.65. The topological polar surface area (TPSA) is 80.4 Å². The summed E-state index contributed by atoms with van der Waals surface area (Å²) in [5.74, 6) is -0.551. The highest BCUT2D eigenvalue weighted by Crippen LogP contribution is 2.20. The van der Waals surface area contributed by atoms with E-state index in [9.17, 15) is 4.79 Å². The van der Waals surface area contributed by atoms with Crippen molar-refractivity contribution >= 4 is 11.6 Å². The molecule has 6 heteroatoms. The van der Waals surface area contributed by atoms with Crippen LogP contribution in [0.1, 0.15) is 10.5 Å². The van der Waals surface area contributed by atoms with Crippen molar-refractivity contribution in [1.29, 1.82) is 0 Å². The first-order valence-corrected chi connectivity index (χ1v) is 5.24. The Morgan fingerprint density at radius 1 is 1.22 bits per heavy atom. The molecule has 0 aliphatic carbocycles. The summed E-state index contributed by atoms with van der Waals surface area (Å²) in [5.41, 5.74) is 1.07. The molecule has 0 radical (unpaired) electrons. The highest BCUT2D eigenvalue weighted by Gasteiger charge is 2.18. The third-order valence-electron chi connectivity index (χ3n) is 2.55. The van der Waals surface area contributed by atoms with E-state index < -0.39 is 5.97 Å². The molecule has 6 nitrogen and oxygen atoms in total. The van der Waals surface area contributed by atoms with Crippen molar-refractivity contribution in [3.63, 3.8) is 0 Å². The maximum atomic E-state index is 11.1. The normalized spacial score (nSPS) is 10.7. The molecule has 3 aromatic rings. The third kappa shape index (κ3) is 1.51. The predicted molar refractivity (Wildman–Crippen MR) is 63.2 cm³/mol. The summed E-state index contributed by atoms with van der Waals surface area (Å²) in [4.78, 5) is 23.2. The van der Waals surface area contributed by atoms with Gasteiger partial charge in [0.15, 0.2) is 11.3 Å². The third-order valence-corrected chi connectivity index (χ3v) is 2.55. The van der Waals surface area contributed by atoms with E-state index in [0.717, 1.165) is 5.56 Å². The highest BCUT2D eigenvalue weighted by atomic mass is 16.4. The molecule has 0 fully saturated rings. The van der Waals surface area contributed by atoms with E-state index in [1.165, 1.54) is 0 Å². The van der Waals surface area contributed by atoms with E-state index in [1.807, 2.05) is 0 Å². The van der Waals surface area contributed by atoms with Crippen LogP contribution in [0.15, 0.2) is 43.0 Å². The van der Waals surface area contributed by atoms with Crippen LogP contribution in [0, 0.1) is 0 Å². The Kier molecular flexibility index (Phi) is 2.26. The number of hydrogen-bond donors (Lipinski definition) is 1. The zero-order chi connectivity index (χ0) is 12.5. The zero-order valence-corrected chi connectivity index (χ0v) is 9.19. The Bertz CT molecular complexity index is 721. The first kappa shape index (κ1) is 10.4. The summed E-state index contributed by atoms with van der Waals surface area (Å²) in [6, 6.07) is 5.27. The second-order valence-electron chi connectivity index (χ2n) is 3.64. The summed E-state index contributed by atoms with van der Waals surface area (Å²) >= 11 is 0. The molecule has 0 atom stereocenters. The monoisotopic (exact) mass is 240 g/mol. The van der Waals surface area contributed by atoms with Crippen molar-refractivity contribution in [1.82, 2.24) is 19.4 Å². The maximum absolute atomic E-state index is 11.1. The van der Waals surface area contributed by atoms with Gasteiger partial charge in [0.1, 0.15) is 5.82 Å². The maximum Gasteiger partial charge on any atom is 0.358 e. The number of hydrogen-bond acceptors (Lipinski definition) is 4. The van der Waals surface area contributed by atoms with Gasteiger partial charge in [0.05, 0.1) is 0 Å². The van der Waals surface area contributed by atoms with Gasteiger partial charge in [-0.1, -0.05) is 0 Å². The van der Waals surface area contributed by atoms with Crippen LogP contribution in [-0.4, -0.2) is 30.4 Å². The number of nitrogens with zero attached hydrogens (tertiary/aromatic N) is 4. The average molecular weight is 240 g/mol. The van der Waals surface area contributed by atoms with Gasteiger partial charge in [-0.05, 0) is 18.2 Å². The fraction of sp³-hybridized carbons (Fsp3) is 0. The van der Waals surface area contributed by atoms with E-state index in [-0.39, 0.29) is 5.69 Å². The minimum Gasteiger partial charge on any atom is -0.476 e. The van der Waals surface area contributed by atoms with Gasteiger partial charge in [-0.3, -0.25) is 9.38 Å². The summed E-state index contributed by atoms with van der Waals surface area (Å²) in [6.45, 7) is 0. The molecular weight excluding hydrogens is 232 g/mol. The molecule has 88 valence electrons. The van der Waals surface area contributed by atoms with Crippen LogP contribution in [0.3, 0.4) is 0 Å². The predicted octanol–water partition coefficient (Wildman–Crippen LogP) is 1.49. The number of rotatable bonds is 2. The Morgan fingerprint density at radius 2 is 2.00 bits per heavy atom. The Hall–Kier alpha value is -2.76. The molecular formula is C12H8N4O2. The van der Waals surface area contributed by atoms with Gasteiger partial charge in [0.2, 0.25) is 0 Å². The van der Waals surface area contributed by atoms with Gasteiger partial charge in [0.25, 0.3) is 0 Å². The van der Waals surface area contributed by atoms with Crippen molar-refractivity contribution in [2.45, 2.75) is 0 Å². The van der Waals surface area contributed by atoms with Gasteiger partial charge >= 0.3 is 5.97 Å². The molecule has 3 rings (SSSR count). The SMILES string of the molecule is O=C(O)c1nc(-c2ccncc2)n2cccnc12.